The lowest BCUT2D eigenvalue weighted by Gasteiger charge is -2.15. The smallest absolute Gasteiger partial charge is 0.242 e. The number of carbonyl (C=O) groups excluding carboxylic acids is 1. The van der Waals surface area contributed by atoms with Crippen LogP contribution in [-0.4, -0.2) is 32.7 Å². The number of benzene rings is 1. The molecule has 5 nitrogen and oxygen atoms in total. The molecule has 1 N–H and O–H groups in total. The number of nitrogens with zero attached hydrogens (tertiary/aromatic N) is 1. The second kappa shape index (κ2) is 6.85. The number of nitrogens with one attached hydrogen (secondary N) is 1. The molecule has 0 atom stereocenters. The molecule has 1 aromatic rings. The van der Waals surface area contributed by atoms with Crippen LogP contribution in [0.3, 0.4) is 0 Å². The van der Waals surface area contributed by atoms with Crippen molar-refractivity contribution in [2.45, 2.75) is 31.7 Å². The van der Waals surface area contributed by atoms with E-state index in [1.807, 2.05) is 13.8 Å². The summed E-state index contributed by atoms with van der Waals surface area (Å²) in [7, 11) is -0.517. The van der Waals surface area contributed by atoms with Crippen molar-refractivity contribution in [3.63, 3.8) is 0 Å². The summed E-state index contributed by atoms with van der Waals surface area (Å²) in [6, 6.07) is 6.71. The van der Waals surface area contributed by atoms with E-state index in [9.17, 15) is 13.2 Å². The third-order valence-corrected chi connectivity index (χ3v) is 4.72. The Morgan fingerprint density at radius 1 is 1.25 bits per heavy atom. The molecule has 0 saturated heterocycles. The summed E-state index contributed by atoms with van der Waals surface area (Å²) < 4.78 is 25.5. The molecule has 0 unspecified atom stereocenters. The van der Waals surface area contributed by atoms with Gasteiger partial charge in [-0.1, -0.05) is 32.0 Å². The van der Waals surface area contributed by atoms with Crippen molar-refractivity contribution >= 4 is 15.9 Å². The first-order valence-electron chi connectivity index (χ1n) is 6.52. The van der Waals surface area contributed by atoms with Crippen LogP contribution >= 0.6 is 0 Å². The first kappa shape index (κ1) is 16.7. The predicted molar refractivity (Wildman–Crippen MR) is 78.6 cm³/mol. The fraction of sp³-hybridized carbons (Fsp3) is 0.500. The molecule has 1 aromatic carbocycles. The van der Waals surface area contributed by atoms with Gasteiger partial charge in [-0.3, -0.25) is 4.79 Å². The Morgan fingerprint density at radius 3 is 2.40 bits per heavy atom. The summed E-state index contributed by atoms with van der Waals surface area (Å²) in [5.41, 5.74) is 0.596. The van der Waals surface area contributed by atoms with E-state index in [-0.39, 0.29) is 23.3 Å². The SMILES string of the molecule is CC(C)CC(=O)NCc1ccccc1S(=O)(=O)N(C)C. The Bertz CT molecular complexity index is 566. The van der Waals surface area contributed by atoms with Crippen LogP contribution in [0.25, 0.3) is 0 Å². The zero-order valence-corrected chi connectivity index (χ0v) is 13.2. The Kier molecular flexibility index (Phi) is 5.71. The van der Waals surface area contributed by atoms with Crippen molar-refractivity contribution in [2.24, 2.45) is 5.92 Å². The molecule has 0 aliphatic carbocycles. The Hall–Kier alpha value is -1.40. The molecule has 6 heteroatoms. The molecule has 1 rings (SSSR count). The van der Waals surface area contributed by atoms with Crippen molar-refractivity contribution in [1.82, 2.24) is 9.62 Å². The molecule has 0 radical (unpaired) electrons. The van der Waals surface area contributed by atoms with Gasteiger partial charge in [0.25, 0.3) is 0 Å². The molecule has 0 fully saturated rings. The van der Waals surface area contributed by atoms with E-state index in [2.05, 4.69) is 5.32 Å². The second-order valence-corrected chi connectivity index (χ2v) is 7.39. The van der Waals surface area contributed by atoms with Gasteiger partial charge < -0.3 is 5.32 Å². The first-order chi connectivity index (χ1) is 9.25. The quantitative estimate of drug-likeness (QED) is 0.867. The van der Waals surface area contributed by atoms with Crippen LogP contribution in [0.5, 0.6) is 0 Å². The van der Waals surface area contributed by atoms with Crippen LogP contribution in [0, 0.1) is 5.92 Å². The van der Waals surface area contributed by atoms with E-state index in [1.165, 1.54) is 18.4 Å². The maximum absolute atomic E-state index is 12.2. The number of sulfonamides is 1. The van der Waals surface area contributed by atoms with Gasteiger partial charge in [0.2, 0.25) is 15.9 Å². The minimum atomic E-state index is -3.50. The Balaban J connectivity index is 2.90. The minimum Gasteiger partial charge on any atom is -0.352 e. The number of carbonyl (C=O) groups is 1. The molecule has 1 amide bonds. The zero-order chi connectivity index (χ0) is 15.3. The highest BCUT2D eigenvalue weighted by atomic mass is 32.2. The van der Waals surface area contributed by atoms with Crippen molar-refractivity contribution in [1.29, 1.82) is 0 Å². The third kappa shape index (κ3) is 4.31. The van der Waals surface area contributed by atoms with Crippen LogP contribution in [0.15, 0.2) is 29.2 Å². The molecular formula is C14H22N2O3S. The molecule has 0 saturated carbocycles. The molecule has 112 valence electrons. The number of amides is 1. The van der Waals surface area contributed by atoms with Gasteiger partial charge in [0.05, 0.1) is 4.90 Å². The standard InChI is InChI=1S/C14H22N2O3S/c1-11(2)9-14(17)15-10-12-7-5-6-8-13(12)20(18,19)16(3)4/h5-8,11H,9-10H2,1-4H3,(H,15,17). The normalized spacial score (nSPS) is 11.9. The highest BCUT2D eigenvalue weighted by Crippen LogP contribution is 2.18. The predicted octanol–water partition coefficient (Wildman–Crippen LogP) is 1.60. The van der Waals surface area contributed by atoms with Gasteiger partial charge in [0.15, 0.2) is 0 Å². The lowest BCUT2D eigenvalue weighted by Crippen LogP contribution is -2.27. The van der Waals surface area contributed by atoms with Crippen LogP contribution in [0.1, 0.15) is 25.8 Å². The molecule has 0 aromatic heterocycles. The third-order valence-electron chi connectivity index (χ3n) is 2.80. The molecule has 0 aliphatic heterocycles. The average Bonchev–Trinajstić information content (AvgIpc) is 2.35. The van der Waals surface area contributed by atoms with Gasteiger partial charge in [0.1, 0.15) is 0 Å². The van der Waals surface area contributed by atoms with Gasteiger partial charge in [-0.2, -0.15) is 0 Å². The lowest BCUT2D eigenvalue weighted by molar-refractivity contribution is -0.121. The molecule has 0 aliphatic rings. The van der Waals surface area contributed by atoms with E-state index >= 15 is 0 Å². The van der Waals surface area contributed by atoms with Gasteiger partial charge in [0, 0.05) is 27.1 Å². The summed E-state index contributed by atoms with van der Waals surface area (Å²) in [6.45, 7) is 4.14. The van der Waals surface area contributed by atoms with Crippen molar-refractivity contribution < 1.29 is 13.2 Å². The van der Waals surface area contributed by atoms with Crippen LogP contribution in [0.4, 0.5) is 0 Å². The van der Waals surface area contributed by atoms with E-state index in [0.29, 0.717) is 12.0 Å². The van der Waals surface area contributed by atoms with Crippen molar-refractivity contribution in [3.8, 4) is 0 Å². The van der Waals surface area contributed by atoms with E-state index in [4.69, 9.17) is 0 Å². The van der Waals surface area contributed by atoms with Gasteiger partial charge in [-0.15, -0.1) is 0 Å². The minimum absolute atomic E-state index is 0.0722. The Labute approximate surface area is 121 Å². The van der Waals surface area contributed by atoms with Crippen molar-refractivity contribution in [2.75, 3.05) is 14.1 Å². The van der Waals surface area contributed by atoms with Crippen LogP contribution < -0.4 is 5.32 Å². The fourth-order valence-corrected chi connectivity index (χ4v) is 2.85. The summed E-state index contributed by atoms with van der Waals surface area (Å²) >= 11 is 0. The highest BCUT2D eigenvalue weighted by Gasteiger charge is 2.20. The van der Waals surface area contributed by atoms with E-state index in [1.54, 1.807) is 24.3 Å². The number of rotatable bonds is 6. The fourth-order valence-electron chi connectivity index (χ4n) is 1.73. The second-order valence-electron chi connectivity index (χ2n) is 5.27. The zero-order valence-electron chi connectivity index (χ0n) is 12.4. The van der Waals surface area contributed by atoms with Crippen molar-refractivity contribution in [3.05, 3.63) is 29.8 Å². The monoisotopic (exact) mass is 298 g/mol. The molecular weight excluding hydrogens is 276 g/mol. The van der Waals surface area contributed by atoms with E-state index < -0.39 is 10.0 Å². The molecule has 0 heterocycles. The van der Waals surface area contributed by atoms with Crippen LogP contribution in [0.2, 0.25) is 0 Å². The highest BCUT2D eigenvalue weighted by molar-refractivity contribution is 7.89. The van der Waals surface area contributed by atoms with Gasteiger partial charge in [-0.05, 0) is 17.5 Å². The maximum atomic E-state index is 12.2. The largest absolute Gasteiger partial charge is 0.352 e. The summed E-state index contributed by atoms with van der Waals surface area (Å²) in [5, 5.41) is 2.76. The van der Waals surface area contributed by atoms with Gasteiger partial charge >= 0.3 is 0 Å². The summed E-state index contributed by atoms with van der Waals surface area (Å²) in [5.74, 6) is 0.202. The Morgan fingerprint density at radius 2 is 1.85 bits per heavy atom. The molecule has 0 spiro atoms. The van der Waals surface area contributed by atoms with Crippen LogP contribution in [-0.2, 0) is 21.4 Å². The summed E-state index contributed by atoms with van der Waals surface area (Å²) in [4.78, 5) is 11.9. The number of hydrogen-bond acceptors (Lipinski definition) is 3. The first-order valence-corrected chi connectivity index (χ1v) is 7.96. The molecule has 20 heavy (non-hydrogen) atoms. The lowest BCUT2D eigenvalue weighted by atomic mass is 10.1. The maximum Gasteiger partial charge on any atom is 0.242 e. The topological polar surface area (TPSA) is 66.5 Å². The number of hydrogen-bond donors (Lipinski definition) is 1. The summed E-state index contributed by atoms with van der Waals surface area (Å²) in [6.07, 6.45) is 0.433. The van der Waals surface area contributed by atoms with Gasteiger partial charge in [-0.25, -0.2) is 12.7 Å². The molecule has 0 bridgehead atoms. The van der Waals surface area contributed by atoms with E-state index in [0.717, 1.165) is 0 Å². The average molecular weight is 298 g/mol.